The number of Topliss-reactive ketones (excluding diaryl/α,β-unsaturated/α-hetero) is 1. The Balaban J connectivity index is 2.48. The highest BCUT2D eigenvalue weighted by atomic mass is 79.9. The average Bonchev–Trinajstić information content (AvgIpc) is 2.19. The molecule has 1 aromatic carbocycles. The van der Waals surface area contributed by atoms with E-state index in [4.69, 9.17) is 5.11 Å². The third-order valence-corrected chi connectivity index (χ3v) is 2.27. The fourth-order valence-corrected chi connectivity index (χ4v) is 1.28. The normalized spacial score (nSPS) is 10.1. The summed E-state index contributed by atoms with van der Waals surface area (Å²) in [5.74, 6) is 0.0333. The molecule has 0 aromatic heterocycles. The molecule has 0 heterocycles. The molecular weight excluding hydrogens is 246 g/mol. The first-order valence-electron chi connectivity index (χ1n) is 4.34. The molecule has 14 heavy (non-hydrogen) atoms. The monoisotopic (exact) mass is 257 g/mol. The summed E-state index contributed by atoms with van der Waals surface area (Å²) < 4.78 is 0.956. The zero-order valence-corrected chi connectivity index (χ0v) is 9.25. The van der Waals surface area contributed by atoms with Gasteiger partial charge in [-0.3, -0.25) is 4.79 Å². The first kappa shape index (κ1) is 11.4. The van der Waals surface area contributed by atoms with Crippen LogP contribution in [0, 0.1) is 0 Å². The van der Waals surface area contributed by atoms with Crippen molar-refractivity contribution in [2.45, 2.75) is 0 Å². The largest absolute Gasteiger partial charge is 0.395 e. The van der Waals surface area contributed by atoms with Gasteiger partial charge in [-0.2, -0.15) is 0 Å². The number of aliphatic hydroxyl groups excluding tert-OH is 1. The van der Waals surface area contributed by atoms with Gasteiger partial charge < -0.3 is 10.4 Å². The Bertz CT molecular complexity index is 297. The molecule has 76 valence electrons. The second-order valence-corrected chi connectivity index (χ2v) is 3.75. The summed E-state index contributed by atoms with van der Waals surface area (Å²) in [5.41, 5.74) is 0.679. The smallest absolute Gasteiger partial charge is 0.176 e. The van der Waals surface area contributed by atoms with E-state index in [-0.39, 0.29) is 18.9 Å². The van der Waals surface area contributed by atoms with E-state index in [1.807, 2.05) is 12.1 Å². The van der Waals surface area contributed by atoms with Crippen LogP contribution in [-0.2, 0) is 0 Å². The number of rotatable bonds is 5. The Morgan fingerprint density at radius 2 is 2.00 bits per heavy atom. The van der Waals surface area contributed by atoms with Gasteiger partial charge in [-0.05, 0) is 12.1 Å². The predicted octanol–water partition coefficient (Wildman–Crippen LogP) is 1.21. The Morgan fingerprint density at radius 3 is 2.57 bits per heavy atom. The van der Waals surface area contributed by atoms with Gasteiger partial charge in [0.1, 0.15) is 0 Å². The minimum atomic E-state index is 0.0333. The van der Waals surface area contributed by atoms with Crippen LogP contribution in [0.25, 0.3) is 0 Å². The van der Waals surface area contributed by atoms with Crippen molar-refractivity contribution < 1.29 is 9.90 Å². The number of carbonyl (C=O) groups excluding carboxylic acids is 1. The molecular formula is C10H12BrNO2. The first-order valence-corrected chi connectivity index (χ1v) is 5.13. The van der Waals surface area contributed by atoms with Crippen molar-refractivity contribution in [3.8, 4) is 0 Å². The van der Waals surface area contributed by atoms with E-state index < -0.39 is 0 Å². The number of halogens is 1. The Morgan fingerprint density at radius 1 is 1.36 bits per heavy atom. The first-order chi connectivity index (χ1) is 6.74. The van der Waals surface area contributed by atoms with Crippen LogP contribution in [0.3, 0.4) is 0 Å². The number of hydrogen-bond acceptors (Lipinski definition) is 3. The van der Waals surface area contributed by atoms with E-state index in [0.29, 0.717) is 12.1 Å². The van der Waals surface area contributed by atoms with Crippen LogP contribution in [0.2, 0.25) is 0 Å². The summed E-state index contributed by atoms with van der Waals surface area (Å²) in [4.78, 5) is 11.5. The van der Waals surface area contributed by atoms with Gasteiger partial charge in [-0.25, -0.2) is 0 Å². The SMILES string of the molecule is O=C(CNCCO)c1ccc(Br)cc1. The zero-order chi connectivity index (χ0) is 10.4. The summed E-state index contributed by atoms with van der Waals surface area (Å²) in [6.45, 7) is 0.762. The molecule has 0 unspecified atom stereocenters. The van der Waals surface area contributed by atoms with Crippen molar-refractivity contribution in [3.63, 3.8) is 0 Å². The number of ketones is 1. The van der Waals surface area contributed by atoms with Crippen molar-refractivity contribution in [2.24, 2.45) is 0 Å². The zero-order valence-electron chi connectivity index (χ0n) is 7.66. The lowest BCUT2D eigenvalue weighted by molar-refractivity contribution is 0.0989. The number of benzene rings is 1. The number of nitrogens with one attached hydrogen (secondary N) is 1. The molecule has 1 aromatic rings. The maximum absolute atomic E-state index is 11.5. The molecule has 0 radical (unpaired) electrons. The topological polar surface area (TPSA) is 49.3 Å². The lowest BCUT2D eigenvalue weighted by atomic mass is 10.1. The molecule has 1 rings (SSSR count). The van der Waals surface area contributed by atoms with E-state index in [2.05, 4.69) is 21.2 Å². The molecule has 0 aliphatic heterocycles. The second-order valence-electron chi connectivity index (χ2n) is 2.83. The van der Waals surface area contributed by atoms with Crippen LogP contribution in [0.4, 0.5) is 0 Å². The summed E-state index contributed by atoms with van der Waals surface area (Å²) in [5, 5.41) is 11.3. The van der Waals surface area contributed by atoms with Gasteiger partial charge in [0.2, 0.25) is 0 Å². The van der Waals surface area contributed by atoms with Crippen molar-refractivity contribution in [1.29, 1.82) is 0 Å². The summed E-state index contributed by atoms with van der Waals surface area (Å²) >= 11 is 3.30. The summed E-state index contributed by atoms with van der Waals surface area (Å²) in [7, 11) is 0. The van der Waals surface area contributed by atoms with E-state index >= 15 is 0 Å². The lowest BCUT2D eigenvalue weighted by Crippen LogP contribution is -2.25. The van der Waals surface area contributed by atoms with Crippen LogP contribution in [-0.4, -0.2) is 30.6 Å². The standard InChI is InChI=1S/C10H12BrNO2/c11-9-3-1-8(2-4-9)10(14)7-12-5-6-13/h1-4,12-13H,5-7H2. The van der Waals surface area contributed by atoms with E-state index in [1.165, 1.54) is 0 Å². The van der Waals surface area contributed by atoms with Crippen molar-refractivity contribution in [1.82, 2.24) is 5.32 Å². The van der Waals surface area contributed by atoms with Gasteiger partial charge in [-0.1, -0.05) is 28.1 Å². The molecule has 0 bridgehead atoms. The van der Waals surface area contributed by atoms with Crippen LogP contribution in [0.15, 0.2) is 28.7 Å². The van der Waals surface area contributed by atoms with Crippen molar-refractivity contribution in [2.75, 3.05) is 19.7 Å². The Labute approximate surface area is 91.3 Å². The molecule has 4 heteroatoms. The van der Waals surface area contributed by atoms with Crippen LogP contribution >= 0.6 is 15.9 Å². The van der Waals surface area contributed by atoms with Gasteiger partial charge in [0.25, 0.3) is 0 Å². The predicted molar refractivity (Wildman–Crippen MR) is 58.4 cm³/mol. The molecule has 0 saturated carbocycles. The minimum absolute atomic E-state index is 0.0333. The third kappa shape index (κ3) is 3.57. The molecule has 0 fully saturated rings. The molecule has 0 aliphatic carbocycles. The molecule has 0 atom stereocenters. The van der Waals surface area contributed by atoms with Crippen molar-refractivity contribution >= 4 is 21.7 Å². The molecule has 0 saturated heterocycles. The van der Waals surface area contributed by atoms with Gasteiger partial charge in [0.15, 0.2) is 5.78 Å². The molecule has 0 amide bonds. The molecule has 3 nitrogen and oxygen atoms in total. The summed E-state index contributed by atoms with van der Waals surface area (Å²) in [6.07, 6.45) is 0. The third-order valence-electron chi connectivity index (χ3n) is 1.74. The molecule has 2 N–H and O–H groups in total. The highest BCUT2D eigenvalue weighted by molar-refractivity contribution is 9.10. The number of aliphatic hydroxyl groups is 1. The van der Waals surface area contributed by atoms with Gasteiger partial charge in [-0.15, -0.1) is 0 Å². The van der Waals surface area contributed by atoms with Gasteiger partial charge in [0, 0.05) is 16.6 Å². The summed E-state index contributed by atoms with van der Waals surface area (Å²) in [6, 6.07) is 7.21. The minimum Gasteiger partial charge on any atom is -0.395 e. The van der Waals surface area contributed by atoms with Crippen LogP contribution in [0.1, 0.15) is 10.4 Å². The van der Waals surface area contributed by atoms with E-state index in [1.54, 1.807) is 12.1 Å². The fourth-order valence-electron chi connectivity index (χ4n) is 1.02. The van der Waals surface area contributed by atoms with Gasteiger partial charge in [0.05, 0.1) is 13.2 Å². The fraction of sp³-hybridized carbons (Fsp3) is 0.300. The van der Waals surface area contributed by atoms with Gasteiger partial charge >= 0.3 is 0 Å². The van der Waals surface area contributed by atoms with E-state index in [9.17, 15) is 4.79 Å². The quantitative estimate of drug-likeness (QED) is 0.616. The maximum Gasteiger partial charge on any atom is 0.176 e. The number of carbonyl (C=O) groups is 1. The highest BCUT2D eigenvalue weighted by Crippen LogP contribution is 2.10. The second kappa shape index (κ2) is 5.90. The van der Waals surface area contributed by atoms with Crippen LogP contribution < -0.4 is 5.32 Å². The molecule has 0 aliphatic rings. The van der Waals surface area contributed by atoms with E-state index in [0.717, 1.165) is 4.47 Å². The highest BCUT2D eigenvalue weighted by Gasteiger charge is 2.03. The lowest BCUT2D eigenvalue weighted by Gasteiger charge is -2.02. The maximum atomic E-state index is 11.5. The number of hydrogen-bond donors (Lipinski definition) is 2. The average molecular weight is 258 g/mol. The molecule has 0 spiro atoms. The van der Waals surface area contributed by atoms with Crippen LogP contribution in [0.5, 0.6) is 0 Å². The Kier molecular flexibility index (Phi) is 4.79. The Hall–Kier alpha value is -0.710. The van der Waals surface area contributed by atoms with Crippen molar-refractivity contribution in [3.05, 3.63) is 34.3 Å².